The molecule has 0 fully saturated rings. The number of nitrogens with zero attached hydrogens (tertiary/aromatic N) is 2. The Morgan fingerprint density at radius 1 is 1.03 bits per heavy atom. The van der Waals surface area contributed by atoms with E-state index in [4.69, 9.17) is 0 Å². The van der Waals surface area contributed by atoms with Crippen LogP contribution in [-0.2, 0) is 4.79 Å². The Balaban J connectivity index is 1.83. The van der Waals surface area contributed by atoms with Crippen molar-refractivity contribution in [2.75, 3.05) is 19.6 Å². The highest BCUT2D eigenvalue weighted by molar-refractivity contribution is 5.94. The molecule has 7 heteroatoms. The van der Waals surface area contributed by atoms with Gasteiger partial charge in [-0.2, -0.15) is 5.10 Å². The fraction of sp³-hybridized carbons (Fsp3) is 0.375. The minimum absolute atomic E-state index is 0.0962. The first-order chi connectivity index (χ1) is 15.1. The number of unbranched alkanes of at least 4 members (excludes halogenated alkanes) is 1. The molecule has 2 amide bonds. The number of hydrogen-bond acceptors (Lipinski definition) is 4. The molecule has 2 aromatic rings. The molecule has 31 heavy (non-hydrogen) atoms. The summed E-state index contributed by atoms with van der Waals surface area (Å²) in [6.07, 6.45) is 3.50. The first-order valence-electron chi connectivity index (χ1n) is 10.7. The fourth-order valence-electron chi connectivity index (χ4n) is 3.32. The summed E-state index contributed by atoms with van der Waals surface area (Å²) in [5.74, 6) is -0.705. The summed E-state index contributed by atoms with van der Waals surface area (Å²) >= 11 is 0. The zero-order valence-corrected chi connectivity index (χ0v) is 18.2. The fourth-order valence-corrected chi connectivity index (χ4v) is 3.32. The molecule has 2 rings (SSSR count). The van der Waals surface area contributed by atoms with Crippen LogP contribution < -0.4 is 10.7 Å². The Bertz CT molecular complexity index is 854. The average Bonchev–Trinajstić information content (AvgIpc) is 2.80. The van der Waals surface area contributed by atoms with Crippen LogP contribution in [0.1, 0.15) is 49.0 Å². The zero-order chi connectivity index (χ0) is 22.5. The van der Waals surface area contributed by atoms with Gasteiger partial charge in [0, 0.05) is 17.7 Å². The third kappa shape index (κ3) is 7.94. The number of hydrogen-bond donors (Lipinski definition) is 2. The zero-order valence-electron chi connectivity index (χ0n) is 18.2. The Kier molecular flexibility index (Phi) is 10.4. The van der Waals surface area contributed by atoms with Crippen LogP contribution in [-0.4, -0.2) is 48.6 Å². The summed E-state index contributed by atoms with van der Waals surface area (Å²) in [7, 11) is 0. The topological polar surface area (TPSA) is 73.8 Å². The first-order valence-corrected chi connectivity index (χ1v) is 10.7. The molecule has 6 nitrogen and oxygen atoms in total. The Labute approximate surface area is 183 Å². The minimum atomic E-state index is -0.390. The molecule has 0 aliphatic heterocycles. The molecule has 0 aromatic heterocycles. The van der Waals surface area contributed by atoms with E-state index in [2.05, 4.69) is 20.7 Å². The summed E-state index contributed by atoms with van der Waals surface area (Å²) in [6, 6.07) is 15.0. The van der Waals surface area contributed by atoms with E-state index in [1.54, 1.807) is 30.3 Å². The smallest absolute Gasteiger partial charge is 0.257 e. The molecular formula is C24H31FN4O2. The van der Waals surface area contributed by atoms with Gasteiger partial charge < -0.3 is 5.32 Å². The third-order valence-corrected chi connectivity index (χ3v) is 5.07. The molecular weight excluding hydrogens is 395 g/mol. The Hall–Kier alpha value is -3.06. The van der Waals surface area contributed by atoms with Gasteiger partial charge in [-0.15, -0.1) is 0 Å². The largest absolute Gasteiger partial charge is 0.352 e. The van der Waals surface area contributed by atoms with Gasteiger partial charge in [-0.05, 0) is 50.6 Å². The van der Waals surface area contributed by atoms with Gasteiger partial charge in [0.25, 0.3) is 11.8 Å². The molecule has 0 aliphatic rings. The van der Waals surface area contributed by atoms with Crippen LogP contribution in [0.25, 0.3) is 0 Å². The molecule has 0 heterocycles. The molecule has 0 unspecified atom stereocenters. The Morgan fingerprint density at radius 3 is 2.39 bits per heavy atom. The van der Waals surface area contributed by atoms with Crippen molar-refractivity contribution in [3.8, 4) is 0 Å². The van der Waals surface area contributed by atoms with Gasteiger partial charge in [0.2, 0.25) is 0 Å². The van der Waals surface area contributed by atoms with E-state index < -0.39 is 5.82 Å². The number of benzene rings is 2. The SMILES string of the molecule is CCN(CC)[C@@H](CCCCNC(=O)c1ccccc1)C(=O)N/N=C/c1ccccc1F. The van der Waals surface area contributed by atoms with E-state index >= 15 is 0 Å². The van der Waals surface area contributed by atoms with Crippen molar-refractivity contribution in [2.45, 2.75) is 39.2 Å². The van der Waals surface area contributed by atoms with Crippen LogP contribution in [0.3, 0.4) is 0 Å². The monoisotopic (exact) mass is 426 g/mol. The first kappa shape index (κ1) is 24.2. The van der Waals surface area contributed by atoms with Crippen LogP contribution >= 0.6 is 0 Å². The highest BCUT2D eigenvalue weighted by Crippen LogP contribution is 2.10. The summed E-state index contributed by atoms with van der Waals surface area (Å²) in [6.45, 7) is 6.03. The lowest BCUT2D eigenvalue weighted by Gasteiger charge is -2.28. The molecule has 166 valence electrons. The van der Waals surface area contributed by atoms with Crippen molar-refractivity contribution in [1.82, 2.24) is 15.6 Å². The number of likely N-dealkylation sites (N-methyl/N-ethyl adjacent to an activating group) is 1. The van der Waals surface area contributed by atoms with Crippen LogP contribution in [0.5, 0.6) is 0 Å². The maximum Gasteiger partial charge on any atom is 0.257 e. The summed E-state index contributed by atoms with van der Waals surface area (Å²) in [4.78, 5) is 26.9. The predicted molar refractivity (Wildman–Crippen MR) is 121 cm³/mol. The van der Waals surface area contributed by atoms with Gasteiger partial charge in [0.05, 0.1) is 12.3 Å². The number of carbonyl (C=O) groups excluding carboxylic acids is 2. The maximum atomic E-state index is 13.7. The number of nitrogens with one attached hydrogen (secondary N) is 2. The second kappa shape index (κ2) is 13.3. The molecule has 0 spiro atoms. The summed E-state index contributed by atoms with van der Waals surface area (Å²) in [5.41, 5.74) is 3.49. The lowest BCUT2D eigenvalue weighted by molar-refractivity contribution is -0.126. The summed E-state index contributed by atoms with van der Waals surface area (Å²) in [5, 5.41) is 6.83. The van der Waals surface area contributed by atoms with Crippen molar-refractivity contribution in [3.05, 3.63) is 71.5 Å². The molecule has 0 aliphatic carbocycles. The van der Waals surface area contributed by atoms with E-state index in [1.165, 1.54) is 12.3 Å². The van der Waals surface area contributed by atoms with Crippen molar-refractivity contribution in [1.29, 1.82) is 0 Å². The van der Waals surface area contributed by atoms with Gasteiger partial charge in [0.1, 0.15) is 5.82 Å². The second-order valence-electron chi connectivity index (χ2n) is 7.11. The molecule has 2 N–H and O–H groups in total. The van der Waals surface area contributed by atoms with Crippen LogP contribution in [0.15, 0.2) is 59.7 Å². The number of carbonyl (C=O) groups is 2. The third-order valence-electron chi connectivity index (χ3n) is 5.07. The van der Waals surface area contributed by atoms with Crippen LogP contribution in [0.2, 0.25) is 0 Å². The highest BCUT2D eigenvalue weighted by Gasteiger charge is 2.23. The predicted octanol–water partition coefficient (Wildman–Crippen LogP) is 3.59. The minimum Gasteiger partial charge on any atom is -0.352 e. The van der Waals surface area contributed by atoms with E-state index in [0.29, 0.717) is 24.1 Å². The number of amides is 2. The van der Waals surface area contributed by atoms with Gasteiger partial charge in [0.15, 0.2) is 0 Å². The number of rotatable bonds is 12. The standard InChI is InChI=1S/C24H31FN4O2/c1-3-29(4-2)22(24(31)28-27-18-20-14-8-9-15-21(20)25)16-10-11-17-26-23(30)19-12-6-5-7-13-19/h5-9,12-15,18,22H,3-4,10-11,16-17H2,1-2H3,(H,26,30)(H,28,31)/b27-18+/t22-/m0/s1. The highest BCUT2D eigenvalue weighted by atomic mass is 19.1. The van der Waals surface area contributed by atoms with Crippen molar-refractivity contribution >= 4 is 18.0 Å². The van der Waals surface area contributed by atoms with Crippen molar-refractivity contribution < 1.29 is 14.0 Å². The number of halogens is 1. The van der Waals surface area contributed by atoms with Crippen molar-refractivity contribution in [3.63, 3.8) is 0 Å². The van der Waals surface area contributed by atoms with Gasteiger partial charge in [-0.3, -0.25) is 14.5 Å². The van der Waals surface area contributed by atoms with Crippen molar-refractivity contribution in [2.24, 2.45) is 5.10 Å². The summed E-state index contributed by atoms with van der Waals surface area (Å²) < 4.78 is 13.7. The Morgan fingerprint density at radius 2 is 1.71 bits per heavy atom. The lowest BCUT2D eigenvalue weighted by Crippen LogP contribution is -2.45. The van der Waals surface area contributed by atoms with Gasteiger partial charge >= 0.3 is 0 Å². The average molecular weight is 427 g/mol. The van der Waals surface area contributed by atoms with Crippen LogP contribution in [0.4, 0.5) is 4.39 Å². The van der Waals surface area contributed by atoms with Gasteiger partial charge in [-0.1, -0.05) is 50.2 Å². The van der Waals surface area contributed by atoms with E-state index in [0.717, 1.165) is 25.9 Å². The van der Waals surface area contributed by atoms with Crippen LogP contribution in [0, 0.1) is 5.82 Å². The van der Waals surface area contributed by atoms with E-state index in [-0.39, 0.29) is 17.9 Å². The van der Waals surface area contributed by atoms with E-state index in [1.807, 2.05) is 32.0 Å². The molecule has 0 saturated carbocycles. The normalized spacial score (nSPS) is 12.1. The number of hydrazone groups is 1. The maximum absolute atomic E-state index is 13.7. The van der Waals surface area contributed by atoms with Gasteiger partial charge in [-0.25, -0.2) is 9.82 Å². The molecule has 0 bridgehead atoms. The molecule has 0 radical (unpaired) electrons. The second-order valence-corrected chi connectivity index (χ2v) is 7.11. The quantitative estimate of drug-likeness (QED) is 0.309. The molecule has 1 atom stereocenters. The molecule has 0 saturated heterocycles. The molecule has 2 aromatic carbocycles. The van der Waals surface area contributed by atoms with E-state index in [9.17, 15) is 14.0 Å². The lowest BCUT2D eigenvalue weighted by atomic mass is 10.1.